The molecule has 1 aliphatic heterocycles. The van der Waals surface area contributed by atoms with Crippen LogP contribution in [-0.2, 0) is 13.1 Å². The fourth-order valence-electron chi connectivity index (χ4n) is 3.97. The second kappa shape index (κ2) is 8.91. The lowest BCUT2D eigenvalue weighted by molar-refractivity contribution is 0.0958. The summed E-state index contributed by atoms with van der Waals surface area (Å²) in [5, 5.41) is 2.72. The van der Waals surface area contributed by atoms with Crippen LogP contribution in [0.1, 0.15) is 23.0 Å². The number of hydrogen-bond donors (Lipinski definition) is 2. The van der Waals surface area contributed by atoms with Crippen LogP contribution < -0.4 is 21.5 Å². The van der Waals surface area contributed by atoms with E-state index in [4.69, 9.17) is 0 Å². The van der Waals surface area contributed by atoms with Crippen LogP contribution in [0.5, 0.6) is 0 Å². The van der Waals surface area contributed by atoms with Crippen LogP contribution in [0.4, 0.5) is 10.1 Å². The van der Waals surface area contributed by atoms with Crippen LogP contribution >= 0.6 is 0 Å². The number of carbonyl (C=O) groups is 1. The van der Waals surface area contributed by atoms with E-state index in [-0.39, 0.29) is 17.8 Å². The molecule has 1 saturated heterocycles. The van der Waals surface area contributed by atoms with E-state index in [1.54, 1.807) is 32.3 Å². The van der Waals surface area contributed by atoms with Crippen molar-refractivity contribution in [1.29, 1.82) is 0 Å². The van der Waals surface area contributed by atoms with Gasteiger partial charge in [-0.15, -0.1) is 0 Å². The van der Waals surface area contributed by atoms with Crippen LogP contribution in [0.15, 0.2) is 40.1 Å². The van der Waals surface area contributed by atoms with E-state index in [0.29, 0.717) is 36.4 Å². The molecule has 0 spiro atoms. The normalized spacial score (nSPS) is 14.7. The zero-order valence-electron chi connectivity index (χ0n) is 18.0. The highest BCUT2D eigenvalue weighted by molar-refractivity contribution is 5.92. The first kappa shape index (κ1) is 21.7. The van der Waals surface area contributed by atoms with Crippen molar-refractivity contribution >= 4 is 22.5 Å². The standard InChI is InChI=1S/C22H25FN6O3/c1-3-29-21(31)16-11-17(23)14(10-19(16)26-22(29)32)13-27-6-8-28(9-7-27)15-4-5-18(25-12-15)20(30)24-2/h4-5,10-12H,3,6-9,13H2,1-2H3,(H,24,30)(H,26,32). The SMILES string of the molecule is CCn1c(=O)[nH]c2cc(CN3CCN(c4ccc(C(=O)NC)nc4)CC3)c(F)cc2c1=O. The Morgan fingerprint density at radius 1 is 1.19 bits per heavy atom. The number of aromatic amines is 1. The third-order valence-corrected chi connectivity index (χ3v) is 5.80. The smallest absolute Gasteiger partial charge is 0.328 e. The fourth-order valence-corrected chi connectivity index (χ4v) is 3.97. The molecule has 0 aliphatic carbocycles. The van der Waals surface area contributed by atoms with Gasteiger partial charge in [0.1, 0.15) is 11.5 Å². The first-order valence-electron chi connectivity index (χ1n) is 10.5. The van der Waals surface area contributed by atoms with Gasteiger partial charge in [-0.2, -0.15) is 0 Å². The number of carbonyl (C=O) groups excluding carboxylic acids is 1. The molecule has 1 aromatic carbocycles. The molecule has 3 heterocycles. The van der Waals surface area contributed by atoms with E-state index in [1.807, 2.05) is 6.07 Å². The Hall–Kier alpha value is -3.53. The quantitative estimate of drug-likeness (QED) is 0.612. The van der Waals surface area contributed by atoms with E-state index in [1.165, 1.54) is 6.07 Å². The second-order valence-corrected chi connectivity index (χ2v) is 7.71. The van der Waals surface area contributed by atoms with Gasteiger partial charge in [0.25, 0.3) is 11.5 Å². The number of nitrogens with zero attached hydrogens (tertiary/aromatic N) is 4. The van der Waals surface area contributed by atoms with E-state index in [0.717, 1.165) is 23.3 Å². The minimum absolute atomic E-state index is 0.172. The topological polar surface area (TPSA) is 103 Å². The third-order valence-electron chi connectivity index (χ3n) is 5.80. The van der Waals surface area contributed by atoms with Crippen molar-refractivity contribution in [2.75, 3.05) is 38.1 Å². The number of nitrogens with one attached hydrogen (secondary N) is 2. The van der Waals surface area contributed by atoms with Gasteiger partial charge >= 0.3 is 5.69 Å². The van der Waals surface area contributed by atoms with Crippen molar-refractivity contribution in [3.63, 3.8) is 0 Å². The molecule has 0 unspecified atom stereocenters. The third kappa shape index (κ3) is 4.13. The van der Waals surface area contributed by atoms with Gasteiger partial charge in [0, 0.05) is 51.9 Å². The first-order valence-corrected chi connectivity index (χ1v) is 10.5. The molecule has 9 nitrogen and oxygen atoms in total. The molecule has 2 aromatic heterocycles. The monoisotopic (exact) mass is 440 g/mol. The number of pyridine rings is 1. The Labute approximate surface area is 183 Å². The van der Waals surface area contributed by atoms with Gasteiger partial charge in [-0.1, -0.05) is 0 Å². The number of amides is 1. The number of halogens is 1. The zero-order valence-corrected chi connectivity index (χ0v) is 18.0. The highest BCUT2D eigenvalue weighted by atomic mass is 19.1. The average molecular weight is 440 g/mol. The Balaban J connectivity index is 1.46. The lowest BCUT2D eigenvalue weighted by Gasteiger charge is -2.36. The van der Waals surface area contributed by atoms with Crippen molar-refractivity contribution in [1.82, 2.24) is 24.8 Å². The van der Waals surface area contributed by atoms with Gasteiger partial charge in [-0.05, 0) is 31.2 Å². The molecule has 0 saturated carbocycles. The van der Waals surface area contributed by atoms with Crippen LogP contribution in [0.3, 0.4) is 0 Å². The van der Waals surface area contributed by atoms with Crippen LogP contribution in [0.25, 0.3) is 10.9 Å². The Bertz CT molecular complexity index is 1260. The van der Waals surface area contributed by atoms with Crippen molar-refractivity contribution in [2.45, 2.75) is 20.0 Å². The summed E-state index contributed by atoms with van der Waals surface area (Å²) in [5.74, 6) is -0.686. The lowest BCUT2D eigenvalue weighted by Crippen LogP contribution is -2.46. The van der Waals surface area contributed by atoms with Gasteiger partial charge in [0.05, 0.1) is 22.8 Å². The van der Waals surface area contributed by atoms with Gasteiger partial charge in [0.2, 0.25) is 0 Å². The Kier molecular flexibility index (Phi) is 6.04. The van der Waals surface area contributed by atoms with E-state index < -0.39 is 17.1 Å². The molecule has 4 rings (SSSR count). The Morgan fingerprint density at radius 3 is 2.56 bits per heavy atom. The molecule has 10 heteroatoms. The minimum atomic E-state index is -0.493. The first-order chi connectivity index (χ1) is 15.4. The number of anilines is 1. The predicted octanol–water partition coefficient (Wildman–Crippen LogP) is 0.926. The summed E-state index contributed by atoms with van der Waals surface area (Å²) in [4.78, 5) is 47.3. The minimum Gasteiger partial charge on any atom is -0.368 e. The highest BCUT2D eigenvalue weighted by Gasteiger charge is 2.20. The van der Waals surface area contributed by atoms with Crippen LogP contribution in [-0.4, -0.2) is 58.6 Å². The molecular formula is C22H25FN6O3. The molecule has 168 valence electrons. The molecule has 32 heavy (non-hydrogen) atoms. The van der Waals surface area contributed by atoms with Gasteiger partial charge in [-0.3, -0.25) is 19.1 Å². The molecule has 1 aliphatic rings. The molecular weight excluding hydrogens is 415 g/mol. The van der Waals surface area contributed by atoms with Gasteiger partial charge in [-0.25, -0.2) is 14.2 Å². The van der Waals surface area contributed by atoms with E-state index in [9.17, 15) is 18.8 Å². The number of benzene rings is 1. The summed E-state index contributed by atoms with van der Waals surface area (Å²) in [7, 11) is 1.56. The molecule has 0 bridgehead atoms. The molecule has 1 fully saturated rings. The Morgan fingerprint density at radius 2 is 1.94 bits per heavy atom. The number of rotatable bonds is 5. The molecule has 1 amide bonds. The van der Waals surface area contributed by atoms with E-state index >= 15 is 0 Å². The number of hydrogen-bond acceptors (Lipinski definition) is 6. The maximum Gasteiger partial charge on any atom is 0.328 e. The molecule has 3 aromatic rings. The predicted molar refractivity (Wildman–Crippen MR) is 120 cm³/mol. The van der Waals surface area contributed by atoms with Crippen molar-refractivity contribution in [3.05, 3.63) is 68.4 Å². The lowest BCUT2D eigenvalue weighted by atomic mass is 10.1. The molecule has 2 N–H and O–H groups in total. The van der Waals surface area contributed by atoms with Crippen molar-refractivity contribution in [2.24, 2.45) is 0 Å². The number of piperazine rings is 1. The summed E-state index contributed by atoms with van der Waals surface area (Å²) in [6, 6.07) is 6.33. The van der Waals surface area contributed by atoms with Crippen LogP contribution in [0, 0.1) is 5.82 Å². The highest BCUT2D eigenvalue weighted by Crippen LogP contribution is 2.20. The van der Waals surface area contributed by atoms with Crippen molar-refractivity contribution < 1.29 is 9.18 Å². The average Bonchev–Trinajstić information content (AvgIpc) is 2.81. The molecule has 0 radical (unpaired) electrons. The number of H-pyrrole nitrogens is 1. The maximum atomic E-state index is 14.7. The maximum absolute atomic E-state index is 14.7. The zero-order chi connectivity index (χ0) is 22.8. The summed E-state index contributed by atoms with van der Waals surface area (Å²) in [6.07, 6.45) is 1.68. The van der Waals surface area contributed by atoms with E-state index in [2.05, 4.69) is 25.1 Å². The van der Waals surface area contributed by atoms with Crippen molar-refractivity contribution in [3.8, 4) is 0 Å². The largest absolute Gasteiger partial charge is 0.368 e. The fraction of sp³-hybridized carbons (Fsp3) is 0.364. The summed E-state index contributed by atoms with van der Waals surface area (Å²) in [5.41, 5.74) is 1.10. The summed E-state index contributed by atoms with van der Waals surface area (Å²) >= 11 is 0. The van der Waals surface area contributed by atoms with Gasteiger partial charge in [0.15, 0.2) is 0 Å². The number of fused-ring (bicyclic) bond motifs is 1. The molecule has 0 atom stereocenters. The summed E-state index contributed by atoms with van der Waals surface area (Å²) in [6.45, 7) is 5.18. The van der Waals surface area contributed by atoms with Gasteiger partial charge < -0.3 is 15.2 Å². The second-order valence-electron chi connectivity index (χ2n) is 7.71. The number of aromatic nitrogens is 3. The van der Waals surface area contributed by atoms with Crippen LogP contribution in [0.2, 0.25) is 0 Å². The summed E-state index contributed by atoms with van der Waals surface area (Å²) < 4.78 is 15.8.